The third kappa shape index (κ3) is 5.25. The Kier molecular flexibility index (Phi) is 8.06. The molecule has 0 fully saturated rings. The number of carbonyl (C=O) groups is 1. The molecule has 0 saturated heterocycles. The molecule has 9 heteroatoms. The first-order valence-corrected chi connectivity index (χ1v) is 11.6. The quantitative estimate of drug-likeness (QED) is 0.303. The number of alkyl halides is 2. The SMILES string of the molecule is Cc1c(-c2cc(C(=O)[O-])c3c(O[C@H](C)c4ccc(OC(F)F)cc4)ccc(C)c3n2)oc2ccccc12.[Na+]. The normalized spacial score (nSPS) is 11.9. The zero-order valence-electron chi connectivity index (χ0n) is 21.2. The molecule has 0 amide bonds. The van der Waals surface area contributed by atoms with Gasteiger partial charge in [-0.05, 0) is 62.2 Å². The van der Waals surface area contributed by atoms with Crippen LogP contribution in [0.3, 0.4) is 0 Å². The van der Waals surface area contributed by atoms with Gasteiger partial charge >= 0.3 is 36.2 Å². The van der Waals surface area contributed by atoms with Gasteiger partial charge in [0.2, 0.25) is 0 Å². The molecular weight excluding hydrogens is 503 g/mol. The first-order valence-electron chi connectivity index (χ1n) is 11.6. The monoisotopic (exact) mass is 525 g/mol. The number of aryl methyl sites for hydroxylation is 2. The average Bonchev–Trinajstić information content (AvgIpc) is 3.21. The van der Waals surface area contributed by atoms with Gasteiger partial charge in [-0.25, -0.2) is 4.98 Å². The van der Waals surface area contributed by atoms with Gasteiger partial charge in [-0.15, -0.1) is 0 Å². The van der Waals surface area contributed by atoms with Gasteiger partial charge in [-0.2, -0.15) is 8.78 Å². The molecule has 3 aromatic carbocycles. The minimum atomic E-state index is -2.91. The van der Waals surface area contributed by atoms with E-state index in [0.717, 1.165) is 16.5 Å². The summed E-state index contributed by atoms with van der Waals surface area (Å²) in [5, 5.41) is 13.5. The van der Waals surface area contributed by atoms with Crippen LogP contribution in [-0.4, -0.2) is 17.6 Å². The number of benzene rings is 3. The average molecular weight is 525 g/mol. The maximum atomic E-state index is 12.5. The molecular formula is C29H22F2NNaO5. The smallest absolute Gasteiger partial charge is 0.545 e. The molecule has 0 saturated carbocycles. The van der Waals surface area contributed by atoms with Crippen molar-refractivity contribution in [3.8, 4) is 23.0 Å². The Morgan fingerprint density at radius 1 is 1.00 bits per heavy atom. The van der Waals surface area contributed by atoms with Gasteiger partial charge in [0.25, 0.3) is 0 Å². The van der Waals surface area contributed by atoms with Gasteiger partial charge in [0.05, 0.1) is 16.9 Å². The predicted molar refractivity (Wildman–Crippen MR) is 133 cm³/mol. The van der Waals surface area contributed by atoms with E-state index in [-0.39, 0.29) is 40.9 Å². The molecule has 0 spiro atoms. The number of carboxylic acid groups (broad SMARTS) is 1. The number of furan rings is 1. The molecule has 0 unspecified atom stereocenters. The van der Waals surface area contributed by atoms with Gasteiger partial charge in [0.1, 0.15) is 28.9 Å². The van der Waals surface area contributed by atoms with Gasteiger partial charge in [0.15, 0.2) is 5.76 Å². The minimum Gasteiger partial charge on any atom is -0.545 e. The van der Waals surface area contributed by atoms with Crippen LogP contribution in [0, 0.1) is 13.8 Å². The molecule has 0 aliphatic rings. The minimum absolute atomic E-state index is 0. The standard InChI is InChI=1S/C29H23F2NO5.Na/c1-15-8-13-24(35-17(3)18-9-11-19(12-10-18)36-29(30)31)25-21(28(33)34)14-22(32-26(15)25)27-16(2)20-6-4-5-7-23(20)37-27;/h4-14,17,29H,1-3H3,(H,33,34);/q;+1/p-1/t17-;/m1./s1. The van der Waals surface area contributed by atoms with Gasteiger partial charge < -0.3 is 23.8 Å². The molecule has 0 radical (unpaired) electrons. The number of rotatable bonds is 7. The summed E-state index contributed by atoms with van der Waals surface area (Å²) in [6, 6.07) is 18.5. The molecule has 188 valence electrons. The van der Waals surface area contributed by atoms with Crippen LogP contribution in [0.15, 0.2) is 71.1 Å². The van der Waals surface area contributed by atoms with Crippen molar-refractivity contribution in [3.05, 3.63) is 89.0 Å². The molecule has 0 bridgehead atoms. The topological polar surface area (TPSA) is 84.6 Å². The van der Waals surface area contributed by atoms with Crippen molar-refractivity contribution in [2.24, 2.45) is 0 Å². The summed E-state index contributed by atoms with van der Waals surface area (Å²) in [4.78, 5) is 17.1. The van der Waals surface area contributed by atoms with E-state index in [1.165, 1.54) is 18.2 Å². The van der Waals surface area contributed by atoms with E-state index < -0.39 is 18.7 Å². The maximum absolute atomic E-state index is 12.5. The largest absolute Gasteiger partial charge is 1.00 e. The van der Waals surface area contributed by atoms with Crippen molar-refractivity contribution in [1.29, 1.82) is 0 Å². The van der Waals surface area contributed by atoms with Crippen LogP contribution in [0.2, 0.25) is 0 Å². The van der Waals surface area contributed by atoms with Crippen molar-refractivity contribution in [2.45, 2.75) is 33.5 Å². The number of carboxylic acids is 1. The summed E-state index contributed by atoms with van der Waals surface area (Å²) >= 11 is 0. The van der Waals surface area contributed by atoms with Crippen LogP contribution in [-0.2, 0) is 0 Å². The molecule has 0 aliphatic carbocycles. The number of fused-ring (bicyclic) bond motifs is 2. The molecule has 2 aromatic heterocycles. The van der Waals surface area contributed by atoms with Gasteiger partial charge in [-0.3, -0.25) is 0 Å². The fourth-order valence-electron chi connectivity index (χ4n) is 4.42. The number of hydrogen-bond donors (Lipinski definition) is 0. The number of para-hydroxylation sites is 1. The number of pyridine rings is 1. The van der Waals surface area contributed by atoms with Gasteiger partial charge in [0, 0.05) is 16.5 Å². The number of ether oxygens (including phenoxy) is 2. The molecule has 1 atom stereocenters. The van der Waals surface area contributed by atoms with Crippen molar-refractivity contribution < 1.29 is 62.1 Å². The fourth-order valence-corrected chi connectivity index (χ4v) is 4.42. The van der Waals surface area contributed by atoms with E-state index in [9.17, 15) is 18.7 Å². The zero-order valence-corrected chi connectivity index (χ0v) is 23.2. The number of aromatic nitrogens is 1. The Labute approximate surface area is 239 Å². The molecule has 2 heterocycles. The second-order valence-corrected chi connectivity index (χ2v) is 8.71. The van der Waals surface area contributed by atoms with Crippen molar-refractivity contribution in [1.82, 2.24) is 4.98 Å². The Hall–Kier alpha value is -3.46. The molecule has 0 aliphatic heterocycles. The number of nitrogens with zero attached hydrogens (tertiary/aromatic N) is 1. The van der Waals surface area contributed by atoms with E-state index in [2.05, 4.69) is 4.74 Å². The summed E-state index contributed by atoms with van der Waals surface area (Å²) in [5.41, 5.74) is 3.72. The van der Waals surface area contributed by atoms with E-state index in [1.807, 2.05) is 38.1 Å². The first-order chi connectivity index (χ1) is 17.7. The maximum Gasteiger partial charge on any atom is 1.00 e. The van der Waals surface area contributed by atoms with E-state index >= 15 is 0 Å². The Balaban J connectivity index is 0.00000336. The second kappa shape index (κ2) is 11.1. The summed E-state index contributed by atoms with van der Waals surface area (Å²) in [6.07, 6.45) is -0.529. The van der Waals surface area contributed by atoms with E-state index in [0.29, 0.717) is 39.3 Å². The molecule has 38 heavy (non-hydrogen) atoms. The zero-order chi connectivity index (χ0) is 26.3. The molecule has 0 N–H and O–H groups in total. The third-order valence-corrected chi connectivity index (χ3v) is 6.30. The van der Waals surface area contributed by atoms with Crippen molar-refractivity contribution >= 4 is 27.8 Å². The number of aromatic carboxylic acids is 1. The van der Waals surface area contributed by atoms with Crippen LogP contribution in [0.25, 0.3) is 33.3 Å². The first kappa shape index (κ1) is 27.6. The Bertz CT molecular complexity index is 1630. The van der Waals surface area contributed by atoms with Crippen LogP contribution >= 0.6 is 0 Å². The van der Waals surface area contributed by atoms with Gasteiger partial charge in [-0.1, -0.05) is 36.4 Å². The summed E-state index contributed by atoms with van der Waals surface area (Å²) in [5.74, 6) is -0.556. The van der Waals surface area contributed by atoms with Crippen LogP contribution in [0.4, 0.5) is 8.78 Å². The Morgan fingerprint density at radius 3 is 2.37 bits per heavy atom. The van der Waals surface area contributed by atoms with Crippen molar-refractivity contribution in [2.75, 3.05) is 0 Å². The number of hydrogen-bond acceptors (Lipinski definition) is 6. The molecule has 5 aromatic rings. The number of halogens is 2. The van der Waals surface area contributed by atoms with Crippen LogP contribution < -0.4 is 44.1 Å². The van der Waals surface area contributed by atoms with Crippen LogP contribution in [0.1, 0.15) is 40.1 Å². The van der Waals surface area contributed by atoms with Crippen molar-refractivity contribution in [3.63, 3.8) is 0 Å². The summed E-state index contributed by atoms with van der Waals surface area (Å²) < 4.78 is 41.5. The number of carbonyl (C=O) groups excluding carboxylic acids is 1. The summed E-state index contributed by atoms with van der Waals surface area (Å²) in [7, 11) is 0. The Morgan fingerprint density at radius 2 is 1.71 bits per heavy atom. The fraction of sp³-hybridized carbons (Fsp3) is 0.172. The second-order valence-electron chi connectivity index (χ2n) is 8.71. The predicted octanol–water partition coefficient (Wildman–Crippen LogP) is 3.37. The van der Waals surface area contributed by atoms with E-state index in [4.69, 9.17) is 14.1 Å². The molecule has 6 nitrogen and oxygen atoms in total. The van der Waals surface area contributed by atoms with E-state index in [1.54, 1.807) is 31.2 Å². The third-order valence-electron chi connectivity index (χ3n) is 6.30. The molecule has 5 rings (SSSR count). The summed E-state index contributed by atoms with van der Waals surface area (Å²) in [6.45, 7) is 2.59. The van der Waals surface area contributed by atoms with Crippen LogP contribution in [0.5, 0.6) is 11.5 Å².